The molecule has 2 atom stereocenters. The van der Waals surface area contributed by atoms with Crippen molar-refractivity contribution in [1.82, 2.24) is 25.0 Å². The molecular formula is C15H28N6. The van der Waals surface area contributed by atoms with Gasteiger partial charge < -0.3 is 0 Å². The summed E-state index contributed by atoms with van der Waals surface area (Å²) in [6.45, 7) is 11.1. The standard InChI is InChI=1S/C15H28N6/c1-3-12-9-13(21(4-2)18-12)10-14(17-16)15-11-19-5-7-20(15)8-6-19/h9,14-15,17H,3-8,10-11,16H2,1-2H3. The molecule has 3 aliphatic rings. The van der Waals surface area contributed by atoms with Crippen LogP contribution in [0.1, 0.15) is 25.2 Å². The molecule has 0 saturated carbocycles. The molecule has 0 radical (unpaired) electrons. The van der Waals surface area contributed by atoms with Crippen molar-refractivity contribution < 1.29 is 0 Å². The minimum atomic E-state index is 0.291. The summed E-state index contributed by atoms with van der Waals surface area (Å²) in [5.41, 5.74) is 5.55. The van der Waals surface area contributed by atoms with Crippen molar-refractivity contribution in [1.29, 1.82) is 0 Å². The molecular weight excluding hydrogens is 264 g/mol. The van der Waals surface area contributed by atoms with Gasteiger partial charge in [-0.1, -0.05) is 6.92 Å². The molecule has 3 fully saturated rings. The fourth-order valence-corrected chi connectivity index (χ4v) is 3.70. The van der Waals surface area contributed by atoms with E-state index < -0.39 is 0 Å². The van der Waals surface area contributed by atoms with E-state index in [9.17, 15) is 0 Å². The number of hydrazine groups is 1. The predicted octanol–water partition coefficient (Wildman–Crippen LogP) is -0.160. The summed E-state index contributed by atoms with van der Waals surface area (Å²) in [6, 6.07) is 3.05. The second kappa shape index (κ2) is 6.44. The topological polar surface area (TPSA) is 62.4 Å². The van der Waals surface area contributed by atoms with Gasteiger partial charge in [0.2, 0.25) is 0 Å². The van der Waals surface area contributed by atoms with Crippen LogP contribution in [0, 0.1) is 0 Å². The Kier molecular flexibility index (Phi) is 4.59. The Morgan fingerprint density at radius 1 is 1.33 bits per heavy atom. The third-order valence-electron chi connectivity index (χ3n) is 5.00. The largest absolute Gasteiger partial charge is 0.299 e. The van der Waals surface area contributed by atoms with Crippen LogP contribution in [0.2, 0.25) is 0 Å². The van der Waals surface area contributed by atoms with Crippen molar-refractivity contribution in [2.45, 2.75) is 45.3 Å². The molecule has 0 amide bonds. The third kappa shape index (κ3) is 2.99. The van der Waals surface area contributed by atoms with Crippen molar-refractivity contribution in [2.24, 2.45) is 5.84 Å². The van der Waals surface area contributed by atoms with Crippen molar-refractivity contribution in [3.05, 3.63) is 17.5 Å². The zero-order chi connectivity index (χ0) is 14.8. The first-order valence-corrected chi connectivity index (χ1v) is 8.23. The highest BCUT2D eigenvalue weighted by Crippen LogP contribution is 2.20. The monoisotopic (exact) mass is 292 g/mol. The summed E-state index contributed by atoms with van der Waals surface area (Å²) in [5, 5.41) is 4.65. The van der Waals surface area contributed by atoms with Crippen LogP contribution in [0.3, 0.4) is 0 Å². The van der Waals surface area contributed by atoms with Crippen LogP contribution in [-0.4, -0.2) is 64.4 Å². The molecule has 6 nitrogen and oxygen atoms in total. The number of rotatable bonds is 6. The number of nitrogens with two attached hydrogens (primary N) is 1. The SMILES string of the molecule is CCc1cc(CC(NN)C2CN3CCN2CC3)n(CC)n1. The Labute approximate surface area is 127 Å². The van der Waals surface area contributed by atoms with Gasteiger partial charge in [0.15, 0.2) is 0 Å². The van der Waals surface area contributed by atoms with Gasteiger partial charge in [-0.25, -0.2) is 0 Å². The van der Waals surface area contributed by atoms with Crippen LogP contribution in [0.15, 0.2) is 6.07 Å². The van der Waals surface area contributed by atoms with Gasteiger partial charge >= 0.3 is 0 Å². The maximum atomic E-state index is 5.89. The van der Waals surface area contributed by atoms with Crippen molar-refractivity contribution >= 4 is 0 Å². The molecule has 3 aliphatic heterocycles. The van der Waals surface area contributed by atoms with Crippen LogP contribution in [-0.2, 0) is 19.4 Å². The van der Waals surface area contributed by atoms with Crippen LogP contribution >= 0.6 is 0 Å². The first-order chi connectivity index (χ1) is 10.2. The first kappa shape index (κ1) is 15.0. The zero-order valence-electron chi connectivity index (χ0n) is 13.3. The number of nitrogens with one attached hydrogen (secondary N) is 1. The van der Waals surface area contributed by atoms with Gasteiger partial charge in [0.1, 0.15) is 0 Å². The summed E-state index contributed by atoms with van der Waals surface area (Å²) in [4.78, 5) is 5.15. The summed E-state index contributed by atoms with van der Waals surface area (Å²) in [5.74, 6) is 5.89. The second-order valence-electron chi connectivity index (χ2n) is 6.18. The van der Waals surface area contributed by atoms with Crippen LogP contribution in [0.4, 0.5) is 0 Å². The van der Waals surface area contributed by atoms with Gasteiger partial charge in [0, 0.05) is 63.5 Å². The van der Waals surface area contributed by atoms with E-state index in [-0.39, 0.29) is 0 Å². The molecule has 0 aromatic carbocycles. The van der Waals surface area contributed by atoms with E-state index in [1.54, 1.807) is 0 Å². The van der Waals surface area contributed by atoms with Crippen molar-refractivity contribution in [2.75, 3.05) is 32.7 Å². The highest BCUT2D eigenvalue weighted by molar-refractivity contribution is 5.13. The van der Waals surface area contributed by atoms with Gasteiger partial charge in [-0.05, 0) is 19.4 Å². The molecule has 118 valence electrons. The number of aryl methyl sites for hydroxylation is 2. The highest BCUT2D eigenvalue weighted by Gasteiger charge is 2.36. The molecule has 4 rings (SSSR count). The lowest BCUT2D eigenvalue weighted by Crippen LogP contribution is -2.67. The van der Waals surface area contributed by atoms with Gasteiger partial charge in [-0.15, -0.1) is 0 Å². The fraction of sp³-hybridized carbons (Fsp3) is 0.800. The zero-order valence-corrected chi connectivity index (χ0v) is 13.3. The Hall–Kier alpha value is -0.950. The fourth-order valence-electron chi connectivity index (χ4n) is 3.70. The molecule has 1 aromatic heterocycles. The Morgan fingerprint density at radius 3 is 2.62 bits per heavy atom. The van der Waals surface area contributed by atoms with Crippen molar-refractivity contribution in [3.8, 4) is 0 Å². The quantitative estimate of drug-likeness (QED) is 0.563. The third-order valence-corrected chi connectivity index (χ3v) is 5.00. The molecule has 3 saturated heterocycles. The van der Waals surface area contributed by atoms with E-state index in [1.165, 1.54) is 37.6 Å². The van der Waals surface area contributed by atoms with Gasteiger partial charge in [0.05, 0.1) is 5.69 Å². The average molecular weight is 292 g/mol. The lowest BCUT2D eigenvalue weighted by molar-refractivity contribution is -0.00341. The van der Waals surface area contributed by atoms with Gasteiger partial charge in [-0.3, -0.25) is 25.8 Å². The second-order valence-corrected chi connectivity index (χ2v) is 6.18. The number of piperazine rings is 3. The number of hydrogen-bond acceptors (Lipinski definition) is 5. The van der Waals surface area contributed by atoms with E-state index in [2.05, 4.69) is 44.9 Å². The molecule has 3 N–H and O–H groups in total. The van der Waals surface area contributed by atoms with E-state index >= 15 is 0 Å². The van der Waals surface area contributed by atoms with Crippen molar-refractivity contribution in [3.63, 3.8) is 0 Å². The van der Waals surface area contributed by atoms with Crippen LogP contribution in [0.5, 0.6) is 0 Å². The molecule has 6 heteroatoms. The van der Waals surface area contributed by atoms with Gasteiger partial charge in [-0.2, -0.15) is 5.10 Å². The smallest absolute Gasteiger partial charge is 0.0624 e. The maximum Gasteiger partial charge on any atom is 0.0624 e. The molecule has 1 aromatic rings. The Balaban J connectivity index is 1.73. The molecule has 21 heavy (non-hydrogen) atoms. The molecule has 2 bridgehead atoms. The number of aromatic nitrogens is 2. The minimum Gasteiger partial charge on any atom is -0.299 e. The van der Waals surface area contributed by atoms with E-state index in [0.29, 0.717) is 12.1 Å². The highest BCUT2D eigenvalue weighted by atomic mass is 15.4. The maximum absolute atomic E-state index is 5.89. The molecule has 2 unspecified atom stereocenters. The molecule has 0 aliphatic carbocycles. The number of nitrogens with zero attached hydrogens (tertiary/aromatic N) is 4. The summed E-state index contributed by atoms with van der Waals surface area (Å²) < 4.78 is 2.12. The predicted molar refractivity (Wildman–Crippen MR) is 83.9 cm³/mol. The lowest BCUT2D eigenvalue weighted by Gasteiger charge is -2.50. The molecule has 4 heterocycles. The lowest BCUT2D eigenvalue weighted by atomic mass is 9.96. The van der Waals surface area contributed by atoms with E-state index in [0.717, 1.165) is 25.9 Å². The molecule has 0 spiro atoms. The van der Waals surface area contributed by atoms with Crippen LogP contribution < -0.4 is 11.3 Å². The summed E-state index contributed by atoms with van der Waals surface area (Å²) in [6.07, 6.45) is 1.94. The number of hydrogen-bond donors (Lipinski definition) is 2. The average Bonchev–Trinajstić information content (AvgIpc) is 2.95. The first-order valence-electron chi connectivity index (χ1n) is 8.23. The van der Waals surface area contributed by atoms with E-state index in [1.807, 2.05) is 0 Å². The summed E-state index contributed by atoms with van der Waals surface area (Å²) in [7, 11) is 0. The van der Waals surface area contributed by atoms with E-state index in [4.69, 9.17) is 5.84 Å². The summed E-state index contributed by atoms with van der Waals surface area (Å²) >= 11 is 0. The van der Waals surface area contributed by atoms with Crippen LogP contribution in [0.25, 0.3) is 0 Å². The Morgan fingerprint density at radius 2 is 2.10 bits per heavy atom. The Bertz CT molecular complexity index is 463. The normalized spacial score (nSPS) is 29.8. The van der Waals surface area contributed by atoms with Gasteiger partial charge in [0.25, 0.3) is 0 Å². The number of fused-ring (bicyclic) bond motifs is 3. The minimum absolute atomic E-state index is 0.291.